The average Bonchev–Trinajstić information content (AvgIpc) is 2.37. The van der Waals surface area contributed by atoms with E-state index in [0.29, 0.717) is 12.2 Å². The number of anilines is 2. The van der Waals surface area contributed by atoms with E-state index >= 15 is 0 Å². The van der Waals surface area contributed by atoms with Gasteiger partial charge in [-0.2, -0.15) is 0 Å². The third kappa shape index (κ3) is 2.28. The van der Waals surface area contributed by atoms with Gasteiger partial charge in [0.2, 0.25) is 17.6 Å². The number of amides is 2. The van der Waals surface area contributed by atoms with Gasteiger partial charge < -0.3 is 15.4 Å². The number of carbonyl (C=O) groups excluding carboxylic acids is 2. The van der Waals surface area contributed by atoms with E-state index in [-0.39, 0.29) is 29.9 Å². The monoisotopic (exact) mass is 265 g/mol. The third-order valence-electron chi connectivity index (χ3n) is 2.93. The molecule has 2 amide bonds. The molecule has 1 saturated heterocycles. The van der Waals surface area contributed by atoms with Crippen LogP contribution in [0.15, 0.2) is 6.33 Å². The summed E-state index contributed by atoms with van der Waals surface area (Å²) in [6, 6.07) is -0.485. The molecule has 0 saturated carbocycles. The van der Waals surface area contributed by atoms with Gasteiger partial charge in [0.1, 0.15) is 12.4 Å². The van der Waals surface area contributed by atoms with Crippen LogP contribution in [-0.2, 0) is 9.59 Å². The molecule has 0 spiro atoms. The number of imide groups is 1. The van der Waals surface area contributed by atoms with Gasteiger partial charge >= 0.3 is 0 Å². The number of rotatable bonds is 3. The lowest BCUT2D eigenvalue weighted by Crippen LogP contribution is -2.58. The summed E-state index contributed by atoms with van der Waals surface area (Å²) < 4.78 is 5.16. The van der Waals surface area contributed by atoms with Crippen LogP contribution in [0.4, 0.5) is 11.6 Å². The zero-order chi connectivity index (χ0) is 14.0. The summed E-state index contributed by atoms with van der Waals surface area (Å²) in [5, 5.41) is 2.30. The first kappa shape index (κ1) is 13.1. The molecule has 3 N–H and O–H groups in total. The third-order valence-corrected chi connectivity index (χ3v) is 2.93. The number of piperazine rings is 1. The summed E-state index contributed by atoms with van der Waals surface area (Å²) in [4.78, 5) is 32.8. The van der Waals surface area contributed by atoms with E-state index in [4.69, 9.17) is 10.5 Å². The van der Waals surface area contributed by atoms with E-state index in [1.807, 2.05) is 6.92 Å². The van der Waals surface area contributed by atoms with Crippen LogP contribution in [0.25, 0.3) is 0 Å². The molecule has 0 radical (unpaired) electrons. The largest absolute Gasteiger partial charge is 0.490 e. The molecule has 1 aromatic rings. The SMILES string of the molecule is CCC1C(=O)NC(=O)CN1c1ncnc(N)c1OC. The number of ether oxygens (including phenoxy) is 1. The van der Waals surface area contributed by atoms with Gasteiger partial charge in [0.15, 0.2) is 11.6 Å². The standard InChI is InChI=1S/C11H15N5O3/c1-3-6-11(18)15-7(17)4-16(6)10-8(19-2)9(12)13-5-14-10/h5-6H,3-4H2,1-2H3,(H2,12,13,14)(H,15,17,18). The number of nitrogens with zero attached hydrogens (tertiary/aromatic N) is 3. The topological polar surface area (TPSA) is 110 Å². The van der Waals surface area contributed by atoms with Gasteiger partial charge in [-0.15, -0.1) is 0 Å². The smallest absolute Gasteiger partial charge is 0.249 e. The predicted octanol–water partition coefficient (Wildman–Crippen LogP) is -0.691. The maximum Gasteiger partial charge on any atom is 0.249 e. The molecule has 2 rings (SSSR count). The van der Waals surface area contributed by atoms with Gasteiger partial charge in [0.25, 0.3) is 0 Å². The Bertz CT molecular complexity index is 519. The van der Waals surface area contributed by atoms with Crippen molar-refractivity contribution in [1.29, 1.82) is 0 Å². The molecular formula is C11H15N5O3. The van der Waals surface area contributed by atoms with Crippen molar-refractivity contribution in [2.45, 2.75) is 19.4 Å². The Morgan fingerprint density at radius 2 is 2.26 bits per heavy atom. The molecule has 1 atom stereocenters. The molecule has 1 aliphatic rings. The van der Waals surface area contributed by atoms with Gasteiger partial charge in [-0.3, -0.25) is 14.9 Å². The van der Waals surface area contributed by atoms with Crippen molar-refractivity contribution in [3.05, 3.63) is 6.33 Å². The predicted molar refractivity (Wildman–Crippen MR) is 67.6 cm³/mol. The minimum Gasteiger partial charge on any atom is -0.490 e. The minimum absolute atomic E-state index is 0.0249. The highest BCUT2D eigenvalue weighted by molar-refractivity contribution is 6.04. The molecule has 19 heavy (non-hydrogen) atoms. The summed E-state index contributed by atoms with van der Waals surface area (Å²) >= 11 is 0. The summed E-state index contributed by atoms with van der Waals surface area (Å²) in [5.74, 6) is 0.0567. The van der Waals surface area contributed by atoms with Crippen LogP contribution in [0.3, 0.4) is 0 Å². The highest BCUT2D eigenvalue weighted by atomic mass is 16.5. The number of methoxy groups -OCH3 is 1. The average molecular weight is 265 g/mol. The Hall–Kier alpha value is -2.38. The Labute approximate surface area is 110 Å². The van der Waals surface area contributed by atoms with Gasteiger partial charge in [0.05, 0.1) is 13.7 Å². The molecule has 102 valence electrons. The molecule has 1 fully saturated rings. The molecule has 0 aromatic carbocycles. The van der Waals surface area contributed by atoms with Crippen LogP contribution < -0.4 is 20.7 Å². The highest BCUT2D eigenvalue weighted by Crippen LogP contribution is 2.32. The summed E-state index contributed by atoms with van der Waals surface area (Å²) in [7, 11) is 1.44. The summed E-state index contributed by atoms with van der Waals surface area (Å²) in [6.45, 7) is 1.88. The fourth-order valence-electron chi connectivity index (χ4n) is 2.07. The second-order valence-corrected chi connectivity index (χ2v) is 4.08. The van der Waals surface area contributed by atoms with Crippen LogP contribution in [0, 0.1) is 0 Å². The molecule has 8 heteroatoms. The molecule has 1 unspecified atom stereocenters. The van der Waals surface area contributed by atoms with Gasteiger partial charge in [-0.25, -0.2) is 9.97 Å². The van der Waals surface area contributed by atoms with Crippen molar-refractivity contribution in [3.63, 3.8) is 0 Å². The molecular weight excluding hydrogens is 250 g/mol. The second kappa shape index (κ2) is 5.09. The first-order valence-electron chi connectivity index (χ1n) is 5.83. The van der Waals surface area contributed by atoms with Crippen molar-refractivity contribution in [1.82, 2.24) is 15.3 Å². The lowest BCUT2D eigenvalue weighted by atomic mass is 10.1. The maximum absolute atomic E-state index is 11.8. The number of aromatic nitrogens is 2. The van der Waals surface area contributed by atoms with Crippen LogP contribution in [-0.4, -0.2) is 41.5 Å². The van der Waals surface area contributed by atoms with Crippen LogP contribution in [0.2, 0.25) is 0 Å². The Kier molecular flexibility index (Phi) is 3.50. The normalized spacial score (nSPS) is 19.3. The van der Waals surface area contributed by atoms with Crippen molar-refractivity contribution >= 4 is 23.5 Å². The maximum atomic E-state index is 11.8. The van der Waals surface area contributed by atoms with E-state index < -0.39 is 6.04 Å². The Balaban J connectivity index is 2.46. The first-order chi connectivity index (χ1) is 9.08. The summed E-state index contributed by atoms with van der Waals surface area (Å²) in [6.07, 6.45) is 1.81. The van der Waals surface area contributed by atoms with Gasteiger partial charge in [-0.1, -0.05) is 6.92 Å². The van der Waals surface area contributed by atoms with Crippen LogP contribution in [0.1, 0.15) is 13.3 Å². The van der Waals surface area contributed by atoms with E-state index in [2.05, 4.69) is 15.3 Å². The van der Waals surface area contributed by atoms with Gasteiger partial charge in [-0.05, 0) is 6.42 Å². The molecule has 0 aliphatic carbocycles. The van der Waals surface area contributed by atoms with Crippen molar-refractivity contribution < 1.29 is 14.3 Å². The Morgan fingerprint density at radius 1 is 1.53 bits per heavy atom. The van der Waals surface area contributed by atoms with E-state index in [0.717, 1.165) is 0 Å². The number of hydrogen-bond acceptors (Lipinski definition) is 7. The number of nitrogens with two attached hydrogens (primary N) is 1. The molecule has 1 aromatic heterocycles. The van der Waals surface area contributed by atoms with Crippen molar-refractivity contribution in [2.24, 2.45) is 0 Å². The van der Waals surface area contributed by atoms with E-state index in [9.17, 15) is 9.59 Å². The molecule has 2 heterocycles. The van der Waals surface area contributed by atoms with E-state index in [1.165, 1.54) is 13.4 Å². The number of nitrogens with one attached hydrogen (secondary N) is 1. The zero-order valence-corrected chi connectivity index (χ0v) is 10.7. The van der Waals surface area contributed by atoms with Crippen molar-refractivity contribution in [2.75, 3.05) is 24.3 Å². The molecule has 0 bridgehead atoms. The Morgan fingerprint density at radius 3 is 2.89 bits per heavy atom. The zero-order valence-electron chi connectivity index (χ0n) is 10.7. The highest BCUT2D eigenvalue weighted by Gasteiger charge is 2.35. The van der Waals surface area contributed by atoms with Crippen LogP contribution in [0.5, 0.6) is 5.75 Å². The minimum atomic E-state index is -0.485. The molecule has 8 nitrogen and oxygen atoms in total. The number of hydrogen-bond donors (Lipinski definition) is 2. The fraction of sp³-hybridized carbons (Fsp3) is 0.455. The first-order valence-corrected chi connectivity index (χ1v) is 5.83. The fourth-order valence-corrected chi connectivity index (χ4v) is 2.07. The lowest BCUT2D eigenvalue weighted by Gasteiger charge is -2.34. The second-order valence-electron chi connectivity index (χ2n) is 4.08. The van der Waals surface area contributed by atoms with E-state index in [1.54, 1.807) is 4.90 Å². The molecule has 1 aliphatic heterocycles. The quantitative estimate of drug-likeness (QED) is 0.696. The summed E-state index contributed by atoms with van der Waals surface area (Å²) in [5.41, 5.74) is 5.71. The van der Waals surface area contributed by atoms with Crippen LogP contribution >= 0.6 is 0 Å². The lowest BCUT2D eigenvalue weighted by molar-refractivity contribution is -0.132. The van der Waals surface area contributed by atoms with Gasteiger partial charge in [0, 0.05) is 0 Å². The number of nitrogen functional groups attached to an aromatic ring is 1. The van der Waals surface area contributed by atoms with Crippen molar-refractivity contribution in [3.8, 4) is 5.75 Å². The number of carbonyl (C=O) groups is 2.